The van der Waals surface area contributed by atoms with Crippen LogP contribution in [0.1, 0.15) is 39.3 Å². The zero-order valence-corrected chi connectivity index (χ0v) is 13.0. The molecule has 0 bridgehead atoms. The Morgan fingerprint density at radius 2 is 1.53 bits per heavy atom. The smallest absolute Gasteiger partial charge is 0.323 e. The number of rotatable bonds is 7. The lowest BCUT2D eigenvalue weighted by molar-refractivity contribution is 0.141. The van der Waals surface area contributed by atoms with Crippen LogP contribution in [0.15, 0.2) is 30.3 Å². The van der Waals surface area contributed by atoms with E-state index in [9.17, 15) is 4.57 Å². The highest BCUT2D eigenvalue weighted by molar-refractivity contribution is 7.53. The molecule has 108 valence electrons. The first-order valence-electron chi connectivity index (χ1n) is 6.59. The summed E-state index contributed by atoms with van der Waals surface area (Å²) >= 11 is 0. The molecule has 0 aromatic heterocycles. The SMILES string of the molecule is CC(C)OP(=O)(C[C@H](N)c1ccccc1)OC(C)C. The van der Waals surface area contributed by atoms with Crippen LogP contribution in [0.4, 0.5) is 0 Å². The van der Waals surface area contributed by atoms with E-state index in [1.165, 1.54) is 0 Å². The van der Waals surface area contributed by atoms with Gasteiger partial charge in [-0.25, -0.2) is 0 Å². The van der Waals surface area contributed by atoms with Gasteiger partial charge in [0, 0.05) is 6.04 Å². The average Bonchev–Trinajstić information content (AvgIpc) is 2.27. The molecule has 1 rings (SSSR count). The van der Waals surface area contributed by atoms with Gasteiger partial charge in [-0.3, -0.25) is 4.57 Å². The molecular formula is C14H24NO3P. The monoisotopic (exact) mass is 285 g/mol. The summed E-state index contributed by atoms with van der Waals surface area (Å²) in [6, 6.07) is 9.22. The summed E-state index contributed by atoms with van der Waals surface area (Å²) in [5.74, 6) is 0. The molecule has 2 N–H and O–H groups in total. The second-order valence-corrected chi connectivity index (χ2v) is 7.13. The lowest BCUT2D eigenvalue weighted by Crippen LogP contribution is -2.19. The third-order valence-corrected chi connectivity index (χ3v) is 4.72. The van der Waals surface area contributed by atoms with E-state index in [1.807, 2.05) is 58.0 Å². The molecule has 0 fully saturated rings. The van der Waals surface area contributed by atoms with Crippen molar-refractivity contribution in [1.82, 2.24) is 0 Å². The summed E-state index contributed by atoms with van der Waals surface area (Å²) in [6.07, 6.45) is -0.131. The maximum absolute atomic E-state index is 12.7. The van der Waals surface area contributed by atoms with Crippen LogP contribution in [0.5, 0.6) is 0 Å². The molecule has 5 heteroatoms. The van der Waals surface area contributed by atoms with Gasteiger partial charge < -0.3 is 14.8 Å². The first-order valence-corrected chi connectivity index (χ1v) is 8.31. The van der Waals surface area contributed by atoms with Gasteiger partial charge in [-0.15, -0.1) is 0 Å². The third kappa shape index (κ3) is 5.87. The Bertz CT molecular complexity index is 406. The van der Waals surface area contributed by atoms with Gasteiger partial charge in [0.25, 0.3) is 0 Å². The van der Waals surface area contributed by atoms with Crippen molar-refractivity contribution in [2.75, 3.05) is 6.16 Å². The molecule has 0 heterocycles. The molecule has 1 aromatic rings. The van der Waals surface area contributed by atoms with E-state index in [0.717, 1.165) is 5.56 Å². The van der Waals surface area contributed by atoms with Crippen LogP contribution in [-0.2, 0) is 13.6 Å². The zero-order chi connectivity index (χ0) is 14.5. The van der Waals surface area contributed by atoms with Gasteiger partial charge in [0.1, 0.15) is 0 Å². The summed E-state index contributed by atoms with van der Waals surface area (Å²) < 4.78 is 23.7. The number of benzene rings is 1. The molecule has 0 saturated carbocycles. The molecule has 19 heavy (non-hydrogen) atoms. The highest BCUT2D eigenvalue weighted by atomic mass is 31.2. The van der Waals surface area contributed by atoms with E-state index in [1.54, 1.807) is 0 Å². The van der Waals surface area contributed by atoms with Crippen molar-refractivity contribution in [2.24, 2.45) is 5.73 Å². The van der Waals surface area contributed by atoms with Crippen molar-refractivity contribution in [2.45, 2.75) is 45.9 Å². The van der Waals surface area contributed by atoms with E-state index >= 15 is 0 Å². The second kappa shape index (κ2) is 7.20. The predicted molar refractivity (Wildman–Crippen MR) is 78.3 cm³/mol. The first-order chi connectivity index (χ1) is 8.82. The van der Waals surface area contributed by atoms with E-state index in [0.29, 0.717) is 0 Å². The molecular weight excluding hydrogens is 261 g/mol. The first kappa shape index (κ1) is 16.4. The molecule has 0 aliphatic rings. The summed E-state index contributed by atoms with van der Waals surface area (Å²) in [5, 5.41) is 0. The zero-order valence-electron chi connectivity index (χ0n) is 12.1. The van der Waals surface area contributed by atoms with Crippen molar-refractivity contribution in [3.63, 3.8) is 0 Å². The van der Waals surface area contributed by atoms with Crippen molar-refractivity contribution in [3.8, 4) is 0 Å². The Morgan fingerprint density at radius 3 is 1.95 bits per heavy atom. The molecule has 0 amide bonds. The van der Waals surface area contributed by atoms with Gasteiger partial charge in [-0.2, -0.15) is 0 Å². The minimum atomic E-state index is -3.18. The number of nitrogens with two attached hydrogens (primary N) is 1. The fraction of sp³-hybridized carbons (Fsp3) is 0.571. The van der Waals surface area contributed by atoms with Gasteiger partial charge in [0.05, 0.1) is 18.4 Å². The van der Waals surface area contributed by atoms with Gasteiger partial charge in [0.2, 0.25) is 0 Å². The molecule has 0 spiro atoms. The Kier molecular flexibility index (Phi) is 6.21. The Balaban J connectivity index is 2.80. The molecule has 1 aromatic carbocycles. The van der Waals surface area contributed by atoms with E-state index in [4.69, 9.17) is 14.8 Å². The van der Waals surface area contributed by atoms with Crippen molar-refractivity contribution >= 4 is 7.60 Å². The summed E-state index contributed by atoms with van der Waals surface area (Å²) in [5.41, 5.74) is 7.03. The Labute approximate surface area is 115 Å². The highest BCUT2D eigenvalue weighted by Crippen LogP contribution is 2.52. The molecule has 1 atom stereocenters. The summed E-state index contributed by atoms with van der Waals surface area (Å²) in [7, 11) is -3.18. The minimum Gasteiger partial charge on any atom is -0.323 e. The van der Waals surface area contributed by atoms with E-state index in [-0.39, 0.29) is 24.4 Å². The standard InChI is InChI=1S/C14H24NO3P/c1-11(2)17-19(16,18-12(3)4)10-14(15)13-8-6-5-7-9-13/h5-9,11-12,14H,10,15H2,1-4H3/t14-/m0/s1. The molecule has 0 aliphatic carbocycles. The van der Waals surface area contributed by atoms with Crippen molar-refractivity contribution in [1.29, 1.82) is 0 Å². The van der Waals surface area contributed by atoms with Crippen LogP contribution in [0, 0.1) is 0 Å². The van der Waals surface area contributed by atoms with Crippen LogP contribution in [0.25, 0.3) is 0 Å². The third-order valence-electron chi connectivity index (χ3n) is 2.39. The van der Waals surface area contributed by atoms with Crippen molar-refractivity contribution in [3.05, 3.63) is 35.9 Å². The largest absolute Gasteiger partial charge is 0.333 e. The quantitative estimate of drug-likeness (QED) is 0.775. The molecule has 0 saturated heterocycles. The molecule has 0 aliphatic heterocycles. The van der Waals surface area contributed by atoms with E-state index in [2.05, 4.69) is 0 Å². The maximum Gasteiger partial charge on any atom is 0.333 e. The van der Waals surface area contributed by atoms with Gasteiger partial charge in [0.15, 0.2) is 0 Å². The molecule has 0 unspecified atom stereocenters. The van der Waals surface area contributed by atoms with Crippen LogP contribution >= 0.6 is 7.60 Å². The minimum absolute atomic E-state index is 0.160. The van der Waals surface area contributed by atoms with Gasteiger partial charge in [-0.05, 0) is 33.3 Å². The number of hydrogen-bond donors (Lipinski definition) is 1. The highest BCUT2D eigenvalue weighted by Gasteiger charge is 2.30. The fourth-order valence-corrected chi connectivity index (χ4v) is 4.00. The van der Waals surface area contributed by atoms with Crippen molar-refractivity contribution < 1.29 is 13.6 Å². The van der Waals surface area contributed by atoms with Crippen LogP contribution in [0.3, 0.4) is 0 Å². The maximum atomic E-state index is 12.7. The average molecular weight is 285 g/mol. The topological polar surface area (TPSA) is 61.5 Å². The predicted octanol–water partition coefficient (Wildman–Crippen LogP) is 3.73. The molecule has 4 nitrogen and oxygen atoms in total. The van der Waals surface area contributed by atoms with Gasteiger partial charge in [-0.1, -0.05) is 30.3 Å². The Morgan fingerprint density at radius 1 is 1.05 bits per heavy atom. The van der Waals surface area contributed by atoms with E-state index < -0.39 is 7.60 Å². The Hall–Kier alpha value is -0.670. The lowest BCUT2D eigenvalue weighted by Gasteiger charge is -2.25. The summed E-state index contributed by atoms with van der Waals surface area (Å²) in [6.45, 7) is 7.35. The normalized spacial score (nSPS) is 14.1. The lowest BCUT2D eigenvalue weighted by atomic mass is 10.1. The van der Waals surface area contributed by atoms with Crippen LogP contribution in [0.2, 0.25) is 0 Å². The number of hydrogen-bond acceptors (Lipinski definition) is 4. The summed E-state index contributed by atoms with van der Waals surface area (Å²) in [4.78, 5) is 0. The van der Waals surface area contributed by atoms with Crippen LogP contribution < -0.4 is 5.73 Å². The second-order valence-electron chi connectivity index (χ2n) is 5.12. The fourth-order valence-electron chi connectivity index (χ4n) is 1.80. The molecule has 0 radical (unpaired) electrons. The van der Waals surface area contributed by atoms with Crippen LogP contribution in [-0.4, -0.2) is 18.4 Å². The van der Waals surface area contributed by atoms with Gasteiger partial charge >= 0.3 is 7.60 Å².